The van der Waals surface area contributed by atoms with Gasteiger partial charge in [0.25, 0.3) is 5.91 Å². The quantitative estimate of drug-likeness (QED) is 0.534. The lowest BCUT2D eigenvalue weighted by Crippen LogP contribution is -2.62. The van der Waals surface area contributed by atoms with Crippen LogP contribution >= 0.6 is 0 Å². The zero-order valence-electron chi connectivity index (χ0n) is 23.7. The number of H-pyrrole nitrogens is 1. The van der Waals surface area contributed by atoms with Gasteiger partial charge in [-0.15, -0.1) is 0 Å². The van der Waals surface area contributed by atoms with Gasteiger partial charge in [-0.2, -0.15) is 5.26 Å². The molecule has 0 saturated carbocycles. The number of nitrogens with one attached hydrogen (secondary N) is 1. The summed E-state index contributed by atoms with van der Waals surface area (Å²) < 4.78 is 12.7. The number of carbonyl (C=O) groups excluding carboxylic acids is 1. The number of piperazine rings is 1. The molecule has 2 aliphatic carbocycles. The topological polar surface area (TPSA) is 97.7 Å². The fraction of sp³-hybridized carbons (Fsp3) is 0.469. The van der Waals surface area contributed by atoms with Crippen LogP contribution in [0.2, 0.25) is 0 Å². The summed E-state index contributed by atoms with van der Waals surface area (Å²) in [6.07, 6.45) is 4.47. The van der Waals surface area contributed by atoms with Crippen molar-refractivity contribution in [2.24, 2.45) is 5.92 Å². The van der Waals surface area contributed by atoms with E-state index in [0.717, 1.165) is 54.4 Å². The molecule has 8 rings (SSSR count). The molecular weight excluding hydrogens is 516 g/mol. The number of rotatable bonds is 3. The van der Waals surface area contributed by atoms with Crippen molar-refractivity contribution >= 4 is 11.7 Å². The predicted molar refractivity (Wildman–Crippen MR) is 153 cm³/mol. The van der Waals surface area contributed by atoms with Gasteiger partial charge in [-0.3, -0.25) is 4.79 Å². The number of amides is 1. The van der Waals surface area contributed by atoms with E-state index in [0.29, 0.717) is 49.4 Å². The second kappa shape index (κ2) is 8.73. The standard InChI is InChI=1S/C32H34N6O3/c1-18-21-15-22-23-14-20-5-6-24(40-3)29-26(20)32(22,8-9-36(23)2)30(41-29)28(21)35-27(18)31(39)38-12-10-37(11-13-38)25-7-4-19(16-33)17-34-25/h4-7,17,22-23,30,35H,8-15H2,1-3H3/t22?,23-,30+,32+/m1/s1. The van der Waals surface area contributed by atoms with Gasteiger partial charge in [0.2, 0.25) is 0 Å². The van der Waals surface area contributed by atoms with Crippen LogP contribution in [0.4, 0.5) is 5.82 Å². The van der Waals surface area contributed by atoms with Crippen LogP contribution in [-0.4, -0.2) is 78.6 Å². The van der Waals surface area contributed by atoms with E-state index < -0.39 is 0 Å². The number of anilines is 1. The lowest BCUT2D eigenvalue weighted by Gasteiger charge is -2.57. The molecule has 9 heteroatoms. The lowest BCUT2D eigenvalue weighted by molar-refractivity contribution is -0.0256. The highest BCUT2D eigenvalue weighted by Gasteiger charge is 2.65. The summed E-state index contributed by atoms with van der Waals surface area (Å²) in [5, 5.41) is 9.07. The van der Waals surface area contributed by atoms with Crippen molar-refractivity contribution in [1.82, 2.24) is 19.8 Å². The van der Waals surface area contributed by atoms with Gasteiger partial charge in [-0.1, -0.05) is 6.07 Å². The average molecular weight is 551 g/mol. The van der Waals surface area contributed by atoms with Gasteiger partial charge in [0.15, 0.2) is 11.5 Å². The van der Waals surface area contributed by atoms with Crippen molar-refractivity contribution in [1.29, 1.82) is 5.26 Å². The maximum absolute atomic E-state index is 14.0. The monoisotopic (exact) mass is 550 g/mol. The summed E-state index contributed by atoms with van der Waals surface area (Å²) in [6, 6.07) is 10.5. The van der Waals surface area contributed by atoms with Crippen molar-refractivity contribution in [3.63, 3.8) is 0 Å². The fourth-order valence-corrected chi connectivity index (χ4v) is 8.59. The van der Waals surface area contributed by atoms with E-state index in [1.54, 1.807) is 19.4 Å². The van der Waals surface area contributed by atoms with Crippen LogP contribution in [0, 0.1) is 24.2 Å². The number of methoxy groups -OCH3 is 1. The first-order valence-corrected chi connectivity index (χ1v) is 14.6. The summed E-state index contributed by atoms with van der Waals surface area (Å²) in [5.74, 6) is 3.04. The van der Waals surface area contributed by atoms with E-state index in [9.17, 15) is 4.79 Å². The van der Waals surface area contributed by atoms with E-state index >= 15 is 0 Å². The summed E-state index contributed by atoms with van der Waals surface area (Å²) in [7, 11) is 3.98. The summed E-state index contributed by atoms with van der Waals surface area (Å²) >= 11 is 0. The molecule has 3 aliphatic heterocycles. The van der Waals surface area contributed by atoms with Gasteiger partial charge in [0, 0.05) is 49.4 Å². The fourth-order valence-electron chi connectivity index (χ4n) is 8.59. The maximum Gasteiger partial charge on any atom is 0.270 e. The Labute approximate surface area is 239 Å². The zero-order valence-corrected chi connectivity index (χ0v) is 23.7. The minimum absolute atomic E-state index is 0.0543. The molecule has 2 fully saturated rings. The van der Waals surface area contributed by atoms with Gasteiger partial charge < -0.3 is 29.2 Å². The Bertz CT molecular complexity index is 1620. The van der Waals surface area contributed by atoms with Crippen molar-refractivity contribution in [2.45, 2.75) is 43.7 Å². The molecule has 2 bridgehead atoms. The number of piperidine rings is 1. The van der Waals surface area contributed by atoms with Crippen LogP contribution in [0.25, 0.3) is 0 Å². The number of benzene rings is 1. The number of fused-ring (bicyclic) bond motifs is 2. The molecule has 2 saturated heterocycles. The van der Waals surface area contributed by atoms with E-state index in [2.05, 4.69) is 51.9 Å². The summed E-state index contributed by atoms with van der Waals surface area (Å²) in [6.45, 7) is 5.79. The highest BCUT2D eigenvalue weighted by atomic mass is 16.5. The first-order chi connectivity index (χ1) is 19.9. The highest BCUT2D eigenvalue weighted by Crippen LogP contribution is 2.67. The van der Waals surface area contributed by atoms with Gasteiger partial charge in [0.05, 0.1) is 18.4 Å². The molecule has 1 spiro atoms. The van der Waals surface area contributed by atoms with Gasteiger partial charge in [-0.05, 0) is 80.6 Å². The molecule has 1 aromatic carbocycles. The number of nitrogens with zero attached hydrogens (tertiary/aromatic N) is 5. The van der Waals surface area contributed by atoms with E-state index in [-0.39, 0.29) is 17.4 Å². The molecule has 3 aromatic rings. The molecule has 2 aromatic heterocycles. The Morgan fingerprint density at radius 2 is 2.00 bits per heavy atom. The molecule has 1 unspecified atom stereocenters. The number of likely N-dealkylation sites (tertiary alicyclic amines) is 1. The Kier molecular flexibility index (Phi) is 5.27. The largest absolute Gasteiger partial charge is 0.493 e. The number of ether oxygens (including phenoxy) is 2. The zero-order chi connectivity index (χ0) is 28.0. The van der Waals surface area contributed by atoms with Crippen molar-refractivity contribution in [2.75, 3.05) is 51.8 Å². The summed E-state index contributed by atoms with van der Waals surface area (Å²) in [5.41, 5.74) is 7.29. The third kappa shape index (κ3) is 3.25. The van der Waals surface area contributed by atoms with Gasteiger partial charge >= 0.3 is 0 Å². The second-order valence-corrected chi connectivity index (χ2v) is 12.3. The molecular formula is C32H34N6O3. The Morgan fingerprint density at radius 1 is 1.17 bits per heavy atom. The number of pyridine rings is 1. The Balaban J connectivity index is 1.12. The molecule has 5 aliphatic rings. The number of aromatic amines is 1. The molecule has 5 heterocycles. The van der Waals surface area contributed by atoms with Crippen LogP contribution in [0.5, 0.6) is 11.5 Å². The molecule has 4 atom stereocenters. The number of aromatic nitrogens is 2. The van der Waals surface area contributed by atoms with Crippen molar-refractivity contribution in [3.05, 3.63) is 69.7 Å². The molecule has 1 amide bonds. The van der Waals surface area contributed by atoms with Crippen LogP contribution < -0.4 is 14.4 Å². The number of hydrogen-bond acceptors (Lipinski definition) is 7. The SMILES string of the molecule is COc1ccc2c3c1O[C@H]1c4[nH]c(C(=O)N5CCN(c6ccc(C#N)cn6)CC5)c(C)c4CC4[C@@H](C2)N(C)CC[C@@]341. The van der Waals surface area contributed by atoms with Crippen LogP contribution in [0.3, 0.4) is 0 Å². The first kappa shape index (κ1) is 24.7. The highest BCUT2D eigenvalue weighted by molar-refractivity contribution is 5.95. The third-order valence-electron chi connectivity index (χ3n) is 10.7. The average Bonchev–Trinajstić information content (AvgIpc) is 3.53. The second-order valence-electron chi connectivity index (χ2n) is 12.3. The number of likely N-dealkylation sites (N-methyl/N-ethyl adjacent to an activating group) is 1. The van der Waals surface area contributed by atoms with E-state index in [1.165, 1.54) is 16.7 Å². The van der Waals surface area contributed by atoms with Crippen LogP contribution in [-0.2, 0) is 18.3 Å². The van der Waals surface area contributed by atoms with E-state index in [4.69, 9.17) is 14.7 Å². The summed E-state index contributed by atoms with van der Waals surface area (Å²) in [4.78, 5) is 28.7. The smallest absolute Gasteiger partial charge is 0.270 e. The molecule has 210 valence electrons. The van der Waals surface area contributed by atoms with Crippen LogP contribution in [0.15, 0.2) is 30.5 Å². The molecule has 1 N–H and O–H groups in total. The predicted octanol–water partition coefficient (Wildman–Crippen LogP) is 3.36. The third-order valence-corrected chi connectivity index (χ3v) is 10.7. The minimum atomic E-state index is -0.141. The normalized spacial score (nSPS) is 27.5. The van der Waals surface area contributed by atoms with Gasteiger partial charge in [-0.25, -0.2) is 4.98 Å². The minimum Gasteiger partial charge on any atom is -0.493 e. The molecule has 0 radical (unpaired) electrons. The molecule has 41 heavy (non-hydrogen) atoms. The lowest BCUT2D eigenvalue weighted by atomic mass is 9.51. The Morgan fingerprint density at radius 3 is 2.73 bits per heavy atom. The Hall–Kier alpha value is -4.03. The van der Waals surface area contributed by atoms with Gasteiger partial charge in [0.1, 0.15) is 23.7 Å². The van der Waals surface area contributed by atoms with Crippen molar-refractivity contribution in [3.8, 4) is 17.6 Å². The van der Waals surface area contributed by atoms with Crippen LogP contribution in [0.1, 0.15) is 56.5 Å². The van der Waals surface area contributed by atoms with E-state index in [1.807, 2.05) is 11.0 Å². The number of hydrogen-bond donors (Lipinski definition) is 1. The molecule has 9 nitrogen and oxygen atoms in total. The number of carbonyl (C=O) groups is 1. The maximum atomic E-state index is 14.0. The number of nitriles is 1. The van der Waals surface area contributed by atoms with Crippen molar-refractivity contribution < 1.29 is 14.3 Å². The first-order valence-electron chi connectivity index (χ1n) is 14.6.